The van der Waals surface area contributed by atoms with E-state index in [4.69, 9.17) is 5.73 Å². The van der Waals surface area contributed by atoms with Gasteiger partial charge in [0.1, 0.15) is 0 Å². The quantitative estimate of drug-likeness (QED) is 0.698. The van der Waals surface area contributed by atoms with Gasteiger partial charge in [0.25, 0.3) is 0 Å². The first-order chi connectivity index (χ1) is 8.05. The molecule has 5 nitrogen and oxygen atoms in total. The van der Waals surface area contributed by atoms with Crippen LogP contribution in [0.25, 0.3) is 0 Å². The fraction of sp³-hybridized carbons (Fsp3) is 0.545. The number of hydrogen-bond acceptors (Lipinski definition) is 4. The molecule has 17 heavy (non-hydrogen) atoms. The molecule has 3 N–H and O–H groups in total. The highest BCUT2D eigenvalue weighted by Gasteiger charge is 2.09. The second-order valence-corrected chi connectivity index (χ2v) is 5.86. The molecule has 0 spiro atoms. The van der Waals surface area contributed by atoms with Gasteiger partial charge in [-0.3, -0.25) is 4.98 Å². The Balaban J connectivity index is 2.47. The van der Waals surface area contributed by atoms with Gasteiger partial charge in [0.15, 0.2) is 0 Å². The lowest BCUT2D eigenvalue weighted by atomic mass is 10.2. The standard InChI is InChI=1S/C11H19N3O2S/c1-10-4-6-13-8-11(10)9-14-17(15,16)7-3-2-5-12/h4,6,8,14H,2-3,5,7,9,12H2,1H3. The van der Waals surface area contributed by atoms with Gasteiger partial charge in [0.05, 0.1) is 5.75 Å². The summed E-state index contributed by atoms with van der Waals surface area (Å²) in [5.41, 5.74) is 7.25. The number of rotatable bonds is 7. The highest BCUT2D eigenvalue weighted by Crippen LogP contribution is 2.05. The van der Waals surface area contributed by atoms with Gasteiger partial charge in [-0.25, -0.2) is 13.1 Å². The number of nitrogens with zero attached hydrogens (tertiary/aromatic N) is 1. The number of pyridine rings is 1. The summed E-state index contributed by atoms with van der Waals surface area (Å²) < 4.78 is 25.8. The Kier molecular flexibility index (Phi) is 5.54. The second kappa shape index (κ2) is 6.68. The van der Waals surface area contributed by atoms with E-state index in [2.05, 4.69) is 9.71 Å². The van der Waals surface area contributed by atoms with E-state index in [0.717, 1.165) is 17.5 Å². The van der Waals surface area contributed by atoms with Gasteiger partial charge in [0.2, 0.25) is 10.0 Å². The summed E-state index contributed by atoms with van der Waals surface area (Å²) in [5, 5.41) is 0. The van der Waals surface area contributed by atoms with Gasteiger partial charge in [-0.2, -0.15) is 0 Å². The van der Waals surface area contributed by atoms with Crippen molar-refractivity contribution >= 4 is 10.0 Å². The van der Waals surface area contributed by atoms with Crippen molar-refractivity contribution in [3.05, 3.63) is 29.6 Å². The number of unbranched alkanes of at least 4 members (excludes halogenated alkanes) is 1. The zero-order valence-corrected chi connectivity index (χ0v) is 10.8. The number of nitrogens with one attached hydrogen (secondary N) is 1. The second-order valence-electron chi connectivity index (χ2n) is 3.94. The summed E-state index contributed by atoms with van der Waals surface area (Å²) >= 11 is 0. The van der Waals surface area contributed by atoms with E-state index in [1.165, 1.54) is 0 Å². The van der Waals surface area contributed by atoms with Crippen LogP contribution < -0.4 is 10.5 Å². The molecule has 0 radical (unpaired) electrons. The predicted molar refractivity (Wildman–Crippen MR) is 67.9 cm³/mol. The molecular formula is C11H19N3O2S. The molecule has 0 aromatic carbocycles. The maximum absolute atomic E-state index is 11.6. The zero-order valence-electron chi connectivity index (χ0n) is 10.0. The van der Waals surface area contributed by atoms with Crippen molar-refractivity contribution in [3.63, 3.8) is 0 Å². The molecule has 1 rings (SSSR count). The maximum Gasteiger partial charge on any atom is 0.211 e. The van der Waals surface area contributed by atoms with E-state index in [9.17, 15) is 8.42 Å². The normalized spacial score (nSPS) is 11.6. The summed E-state index contributed by atoms with van der Waals surface area (Å²) in [5.74, 6) is 0.128. The first-order valence-corrected chi connectivity index (χ1v) is 7.27. The predicted octanol–water partition coefficient (Wildman–Crippen LogP) is 0.548. The van der Waals surface area contributed by atoms with Crippen LogP contribution in [0.4, 0.5) is 0 Å². The summed E-state index contributed by atoms with van der Waals surface area (Å²) in [6.07, 6.45) is 4.69. The summed E-state index contributed by atoms with van der Waals surface area (Å²) in [6.45, 7) is 2.75. The van der Waals surface area contributed by atoms with Crippen molar-refractivity contribution in [2.24, 2.45) is 5.73 Å². The molecule has 1 aromatic rings. The van der Waals surface area contributed by atoms with Gasteiger partial charge < -0.3 is 5.73 Å². The Morgan fingerprint density at radius 1 is 1.41 bits per heavy atom. The van der Waals surface area contributed by atoms with Crippen LogP contribution in [0.2, 0.25) is 0 Å². The lowest BCUT2D eigenvalue weighted by Crippen LogP contribution is -2.26. The van der Waals surface area contributed by atoms with Crippen molar-refractivity contribution in [2.45, 2.75) is 26.3 Å². The minimum Gasteiger partial charge on any atom is -0.330 e. The fourth-order valence-corrected chi connectivity index (χ4v) is 2.48. The minimum absolute atomic E-state index is 0.128. The van der Waals surface area contributed by atoms with Gasteiger partial charge >= 0.3 is 0 Å². The zero-order chi connectivity index (χ0) is 12.7. The van der Waals surface area contributed by atoms with E-state index in [1.54, 1.807) is 12.4 Å². The van der Waals surface area contributed by atoms with Crippen LogP contribution in [0.3, 0.4) is 0 Å². The molecule has 0 unspecified atom stereocenters. The summed E-state index contributed by atoms with van der Waals surface area (Å²) in [7, 11) is -3.20. The summed E-state index contributed by atoms with van der Waals surface area (Å²) in [4.78, 5) is 3.97. The Hall–Kier alpha value is -0.980. The number of hydrogen-bond donors (Lipinski definition) is 2. The molecule has 0 amide bonds. The monoisotopic (exact) mass is 257 g/mol. The van der Waals surface area contributed by atoms with Crippen LogP contribution in [-0.4, -0.2) is 25.7 Å². The van der Waals surface area contributed by atoms with E-state index >= 15 is 0 Å². The first kappa shape index (κ1) is 14.1. The molecule has 6 heteroatoms. The van der Waals surface area contributed by atoms with Crippen molar-refractivity contribution in [2.75, 3.05) is 12.3 Å². The lowest BCUT2D eigenvalue weighted by molar-refractivity contribution is 0.577. The number of sulfonamides is 1. The number of aromatic nitrogens is 1. The van der Waals surface area contributed by atoms with Crippen molar-refractivity contribution in [1.82, 2.24) is 9.71 Å². The van der Waals surface area contributed by atoms with Crippen molar-refractivity contribution in [1.29, 1.82) is 0 Å². The highest BCUT2D eigenvalue weighted by atomic mass is 32.2. The molecule has 0 aliphatic carbocycles. The number of nitrogens with two attached hydrogens (primary N) is 1. The van der Waals surface area contributed by atoms with E-state index in [0.29, 0.717) is 19.5 Å². The third-order valence-electron chi connectivity index (χ3n) is 2.50. The molecule has 0 atom stereocenters. The summed E-state index contributed by atoms with van der Waals surface area (Å²) in [6, 6.07) is 1.86. The smallest absolute Gasteiger partial charge is 0.211 e. The number of aryl methyl sites for hydroxylation is 1. The Morgan fingerprint density at radius 3 is 2.82 bits per heavy atom. The SMILES string of the molecule is Cc1ccncc1CNS(=O)(=O)CCCCN. The van der Waals surface area contributed by atoms with Crippen molar-refractivity contribution in [3.8, 4) is 0 Å². The Bertz CT molecular complexity index is 446. The molecule has 96 valence electrons. The van der Waals surface area contributed by atoms with Crippen LogP contribution in [0, 0.1) is 6.92 Å². The van der Waals surface area contributed by atoms with Gasteiger partial charge in [0, 0.05) is 18.9 Å². The third kappa shape index (κ3) is 5.25. The van der Waals surface area contributed by atoms with Crippen LogP contribution in [-0.2, 0) is 16.6 Å². The van der Waals surface area contributed by atoms with E-state index in [1.807, 2.05) is 13.0 Å². The third-order valence-corrected chi connectivity index (χ3v) is 3.91. The Morgan fingerprint density at radius 2 is 2.18 bits per heavy atom. The van der Waals surface area contributed by atoms with Gasteiger partial charge in [-0.15, -0.1) is 0 Å². The van der Waals surface area contributed by atoms with E-state index in [-0.39, 0.29) is 5.75 Å². The molecule has 0 bridgehead atoms. The first-order valence-electron chi connectivity index (χ1n) is 5.62. The minimum atomic E-state index is -3.20. The molecule has 0 fully saturated rings. The highest BCUT2D eigenvalue weighted by molar-refractivity contribution is 7.89. The van der Waals surface area contributed by atoms with Crippen LogP contribution in [0.5, 0.6) is 0 Å². The molecular weight excluding hydrogens is 238 g/mol. The molecule has 1 heterocycles. The van der Waals surface area contributed by atoms with Crippen LogP contribution in [0.1, 0.15) is 24.0 Å². The average Bonchev–Trinajstić information content (AvgIpc) is 2.28. The van der Waals surface area contributed by atoms with E-state index < -0.39 is 10.0 Å². The Labute approximate surface area is 102 Å². The van der Waals surface area contributed by atoms with Gasteiger partial charge in [-0.05, 0) is 43.5 Å². The average molecular weight is 257 g/mol. The lowest BCUT2D eigenvalue weighted by Gasteiger charge is -2.08. The molecule has 0 aliphatic rings. The molecule has 0 aliphatic heterocycles. The fourth-order valence-electron chi connectivity index (χ4n) is 1.38. The van der Waals surface area contributed by atoms with Crippen LogP contribution in [0.15, 0.2) is 18.5 Å². The molecule has 0 saturated carbocycles. The topological polar surface area (TPSA) is 85.1 Å². The van der Waals surface area contributed by atoms with Gasteiger partial charge in [-0.1, -0.05) is 0 Å². The molecule has 1 aromatic heterocycles. The van der Waals surface area contributed by atoms with Crippen LogP contribution >= 0.6 is 0 Å². The molecule has 0 saturated heterocycles. The maximum atomic E-state index is 11.6. The van der Waals surface area contributed by atoms with Crippen molar-refractivity contribution < 1.29 is 8.42 Å². The largest absolute Gasteiger partial charge is 0.330 e.